The molecule has 0 heterocycles. The lowest BCUT2D eigenvalue weighted by atomic mass is 9.77. The third kappa shape index (κ3) is 6.58. The molecular weight excluding hydrogens is 372 g/mol. The minimum Gasteiger partial charge on any atom is -0.103 e. The molecule has 2 fully saturated rings. The van der Waals surface area contributed by atoms with Crippen LogP contribution in [0.25, 0.3) is 0 Å². The maximum absolute atomic E-state index is 3.98. The Morgan fingerprint density at radius 2 is 0.903 bits per heavy atom. The minimum absolute atomic E-state index is 0.773. The largest absolute Gasteiger partial charge is 0.103 e. The van der Waals surface area contributed by atoms with Crippen LogP contribution in [-0.2, 0) is 25.7 Å². The van der Waals surface area contributed by atoms with Crippen LogP contribution in [0, 0.1) is 23.7 Å². The van der Waals surface area contributed by atoms with E-state index in [1.807, 2.05) is 0 Å². The van der Waals surface area contributed by atoms with Crippen LogP contribution < -0.4 is 0 Å². The van der Waals surface area contributed by atoms with Crippen LogP contribution in [0.4, 0.5) is 0 Å². The van der Waals surface area contributed by atoms with Gasteiger partial charge in [-0.3, -0.25) is 0 Å². The molecule has 4 rings (SSSR count). The third-order valence-electron chi connectivity index (χ3n) is 8.22. The molecule has 166 valence electrons. The number of hydrogen-bond donors (Lipinski definition) is 0. The quantitative estimate of drug-likeness (QED) is 0.380. The van der Waals surface area contributed by atoms with Gasteiger partial charge in [0.1, 0.15) is 0 Å². The SMILES string of the molecule is C=CC1CCC(Cc2ccc(CC3CCC(Cc4ccc(CC)cc4)CC3)cc2)CC1. The van der Waals surface area contributed by atoms with E-state index in [1.165, 1.54) is 81.8 Å². The second-order valence-electron chi connectivity index (χ2n) is 10.5. The van der Waals surface area contributed by atoms with Crippen molar-refractivity contribution in [2.45, 2.75) is 84.0 Å². The summed E-state index contributed by atoms with van der Waals surface area (Å²) in [6.45, 7) is 6.21. The molecule has 0 atom stereocenters. The Hall–Kier alpha value is -1.82. The zero-order chi connectivity index (χ0) is 21.5. The lowest BCUT2D eigenvalue weighted by Gasteiger charge is -2.29. The van der Waals surface area contributed by atoms with Crippen LogP contribution in [0.3, 0.4) is 0 Å². The predicted octanol–water partition coefficient (Wildman–Crippen LogP) is 8.38. The van der Waals surface area contributed by atoms with Crippen molar-refractivity contribution in [3.8, 4) is 0 Å². The Bertz CT molecular complexity index is 781. The maximum Gasteiger partial charge on any atom is -0.0236 e. The first kappa shape index (κ1) is 22.4. The average molecular weight is 415 g/mol. The molecule has 0 aliphatic heterocycles. The average Bonchev–Trinajstić information content (AvgIpc) is 2.82. The second-order valence-corrected chi connectivity index (χ2v) is 10.5. The van der Waals surface area contributed by atoms with Gasteiger partial charge in [0.25, 0.3) is 0 Å². The highest BCUT2D eigenvalue weighted by molar-refractivity contribution is 5.24. The Morgan fingerprint density at radius 1 is 0.581 bits per heavy atom. The van der Waals surface area contributed by atoms with Crippen LogP contribution >= 0.6 is 0 Å². The highest BCUT2D eigenvalue weighted by Gasteiger charge is 2.22. The van der Waals surface area contributed by atoms with Crippen LogP contribution in [0.15, 0.2) is 61.2 Å². The van der Waals surface area contributed by atoms with E-state index < -0.39 is 0 Å². The summed E-state index contributed by atoms with van der Waals surface area (Å²) in [6, 6.07) is 19.0. The highest BCUT2D eigenvalue weighted by atomic mass is 14.3. The topological polar surface area (TPSA) is 0 Å². The summed E-state index contributed by atoms with van der Waals surface area (Å²) in [4.78, 5) is 0. The van der Waals surface area contributed by atoms with Gasteiger partial charge in [-0.05, 0) is 123 Å². The van der Waals surface area contributed by atoms with E-state index in [2.05, 4.69) is 68.1 Å². The molecule has 2 aromatic carbocycles. The summed E-state index contributed by atoms with van der Waals surface area (Å²) >= 11 is 0. The monoisotopic (exact) mass is 414 g/mol. The molecule has 2 aromatic rings. The van der Waals surface area contributed by atoms with Crippen LogP contribution in [0.5, 0.6) is 0 Å². The van der Waals surface area contributed by atoms with Gasteiger partial charge in [-0.25, -0.2) is 0 Å². The number of rotatable bonds is 8. The van der Waals surface area contributed by atoms with E-state index in [-0.39, 0.29) is 0 Å². The molecule has 0 unspecified atom stereocenters. The molecule has 0 bridgehead atoms. The third-order valence-corrected chi connectivity index (χ3v) is 8.22. The first-order chi connectivity index (χ1) is 15.2. The van der Waals surface area contributed by atoms with Crippen LogP contribution in [0.2, 0.25) is 0 Å². The van der Waals surface area contributed by atoms with Crippen molar-refractivity contribution in [3.05, 3.63) is 83.4 Å². The summed E-state index contributed by atoms with van der Waals surface area (Å²) in [5.74, 6) is 3.44. The van der Waals surface area contributed by atoms with Crippen molar-refractivity contribution >= 4 is 0 Å². The molecule has 0 radical (unpaired) electrons. The van der Waals surface area contributed by atoms with Gasteiger partial charge in [0.2, 0.25) is 0 Å². The summed E-state index contributed by atoms with van der Waals surface area (Å²) in [5.41, 5.74) is 6.09. The van der Waals surface area contributed by atoms with E-state index in [0.717, 1.165) is 30.1 Å². The predicted molar refractivity (Wildman–Crippen MR) is 134 cm³/mol. The molecule has 0 saturated heterocycles. The molecule has 2 aliphatic carbocycles. The summed E-state index contributed by atoms with van der Waals surface area (Å²) in [7, 11) is 0. The van der Waals surface area contributed by atoms with Gasteiger partial charge in [-0.15, -0.1) is 6.58 Å². The van der Waals surface area contributed by atoms with Gasteiger partial charge in [-0.1, -0.05) is 61.5 Å². The van der Waals surface area contributed by atoms with Gasteiger partial charge in [0, 0.05) is 0 Å². The molecule has 0 heteroatoms. The fraction of sp³-hybridized carbons (Fsp3) is 0.548. The zero-order valence-electron chi connectivity index (χ0n) is 19.7. The number of benzene rings is 2. The molecule has 0 amide bonds. The van der Waals surface area contributed by atoms with Gasteiger partial charge in [-0.2, -0.15) is 0 Å². The van der Waals surface area contributed by atoms with Crippen LogP contribution in [-0.4, -0.2) is 0 Å². The maximum atomic E-state index is 3.98. The van der Waals surface area contributed by atoms with Crippen LogP contribution in [0.1, 0.15) is 80.5 Å². The molecule has 0 nitrogen and oxygen atoms in total. The van der Waals surface area contributed by atoms with E-state index in [9.17, 15) is 0 Å². The Kier molecular flexibility index (Phi) is 8.06. The highest BCUT2D eigenvalue weighted by Crippen LogP contribution is 2.34. The Morgan fingerprint density at radius 3 is 1.23 bits per heavy atom. The van der Waals surface area contributed by atoms with E-state index in [0.29, 0.717) is 0 Å². The molecule has 0 aromatic heterocycles. The van der Waals surface area contributed by atoms with Gasteiger partial charge < -0.3 is 0 Å². The second kappa shape index (κ2) is 11.2. The molecule has 0 spiro atoms. The Balaban J connectivity index is 1.19. The van der Waals surface area contributed by atoms with Gasteiger partial charge in [0.05, 0.1) is 0 Å². The smallest absolute Gasteiger partial charge is 0.0236 e. The summed E-state index contributed by atoms with van der Waals surface area (Å²) < 4.78 is 0. The molecule has 2 saturated carbocycles. The fourth-order valence-corrected chi connectivity index (χ4v) is 5.99. The van der Waals surface area contributed by atoms with Crippen molar-refractivity contribution in [1.82, 2.24) is 0 Å². The number of aryl methyl sites for hydroxylation is 1. The molecule has 2 aliphatic rings. The first-order valence-electron chi connectivity index (χ1n) is 13.0. The Labute approximate surface area is 191 Å². The summed E-state index contributed by atoms with van der Waals surface area (Å²) in [6.07, 6.45) is 18.2. The van der Waals surface area contributed by atoms with E-state index in [1.54, 1.807) is 11.1 Å². The van der Waals surface area contributed by atoms with Crippen molar-refractivity contribution in [3.63, 3.8) is 0 Å². The number of allylic oxidation sites excluding steroid dienone is 1. The van der Waals surface area contributed by atoms with Crippen molar-refractivity contribution in [2.24, 2.45) is 23.7 Å². The lowest BCUT2D eigenvalue weighted by Crippen LogP contribution is -2.18. The molecule has 31 heavy (non-hydrogen) atoms. The number of hydrogen-bond acceptors (Lipinski definition) is 0. The van der Waals surface area contributed by atoms with Gasteiger partial charge >= 0.3 is 0 Å². The van der Waals surface area contributed by atoms with Crippen molar-refractivity contribution in [2.75, 3.05) is 0 Å². The molecular formula is C31H42. The first-order valence-corrected chi connectivity index (χ1v) is 13.0. The normalized spacial score (nSPS) is 26.5. The van der Waals surface area contributed by atoms with Crippen molar-refractivity contribution in [1.29, 1.82) is 0 Å². The van der Waals surface area contributed by atoms with Gasteiger partial charge in [0.15, 0.2) is 0 Å². The van der Waals surface area contributed by atoms with E-state index >= 15 is 0 Å². The summed E-state index contributed by atoms with van der Waals surface area (Å²) in [5, 5.41) is 0. The molecule has 0 N–H and O–H groups in total. The zero-order valence-corrected chi connectivity index (χ0v) is 19.7. The fourth-order valence-electron chi connectivity index (χ4n) is 5.99. The minimum atomic E-state index is 0.773. The standard InChI is InChI=1S/C31H42/c1-3-24-5-9-26(10-6-24)21-28-13-17-30(18-14-28)23-31-19-15-29(16-20-31)22-27-11-7-25(4-2)8-12-27/h3,7-8,11-14,17-18,24,26,29,31H,1,4-6,9-10,15-16,19-23H2,2H3. The van der Waals surface area contributed by atoms with E-state index in [4.69, 9.17) is 0 Å². The lowest BCUT2D eigenvalue weighted by molar-refractivity contribution is 0.272. The van der Waals surface area contributed by atoms with Crippen molar-refractivity contribution < 1.29 is 0 Å².